The van der Waals surface area contributed by atoms with Gasteiger partial charge in [-0.15, -0.1) is 11.3 Å². The summed E-state index contributed by atoms with van der Waals surface area (Å²) < 4.78 is 0.668. The Morgan fingerprint density at radius 2 is 2.26 bits per heavy atom. The minimum atomic E-state index is -0.883. The van der Waals surface area contributed by atoms with E-state index in [0.717, 1.165) is 17.7 Å². The molecule has 6 heteroatoms. The summed E-state index contributed by atoms with van der Waals surface area (Å²) in [5.41, 5.74) is 0. The van der Waals surface area contributed by atoms with Crippen LogP contribution in [0.25, 0.3) is 6.08 Å². The Morgan fingerprint density at radius 3 is 2.79 bits per heavy atom. The quantitative estimate of drug-likeness (QED) is 0.794. The lowest BCUT2D eigenvalue weighted by Gasteiger charge is -2.14. The third-order valence-electron chi connectivity index (χ3n) is 2.91. The van der Waals surface area contributed by atoms with Crippen LogP contribution in [0.2, 0.25) is 4.34 Å². The highest BCUT2D eigenvalue weighted by Gasteiger charge is 2.33. The SMILES string of the molecule is O=C(O)CC(NC(=O)/C=C/c1ccc(Cl)s1)C1CC1. The van der Waals surface area contributed by atoms with E-state index >= 15 is 0 Å². The van der Waals surface area contributed by atoms with E-state index < -0.39 is 5.97 Å². The maximum absolute atomic E-state index is 11.7. The first-order valence-electron chi connectivity index (χ1n) is 6.00. The van der Waals surface area contributed by atoms with Gasteiger partial charge in [0.2, 0.25) is 5.91 Å². The first kappa shape index (κ1) is 14.1. The van der Waals surface area contributed by atoms with Crippen LogP contribution in [0.4, 0.5) is 0 Å². The molecular formula is C13H14ClNO3S. The van der Waals surface area contributed by atoms with Crippen molar-refractivity contribution in [2.75, 3.05) is 0 Å². The van der Waals surface area contributed by atoms with Gasteiger partial charge in [-0.1, -0.05) is 11.6 Å². The van der Waals surface area contributed by atoms with Crippen LogP contribution < -0.4 is 5.32 Å². The van der Waals surface area contributed by atoms with E-state index in [9.17, 15) is 9.59 Å². The maximum atomic E-state index is 11.7. The van der Waals surface area contributed by atoms with Crippen LogP contribution in [-0.4, -0.2) is 23.0 Å². The summed E-state index contributed by atoms with van der Waals surface area (Å²) in [4.78, 5) is 23.3. The highest BCUT2D eigenvalue weighted by atomic mass is 35.5. The second-order valence-corrected chi connectivity index (χ2v) is 6.27. The number of carboxylic acids is 1. The number of hydrogen-bond acceptors (Lipinski definition) is 3. The number of carbonyl (C=O) groups is 2. The number of carboxylic acid groups (broad SMARTS) is 1. The fourth-order valence-corrected chi connectivity index (χ4v) is 2.79. The number of amides is 1. The third-order valence-corrected chi connectivity index (χ3v) is 4.10. The van der Waals surface area contributed by atoms with Gasteiger partial charge in [-0.25, -0.2) is 0 Å². The van der Waals surface area contributed by atoms with Gasteiger partial charge >= 0.3 is 5.97 Å². The number of carbonyl (C=O) groups excluding carboxylic acids is 1. The van der Waals surface area contributed by atoms with E-state index in [4.69, 9.17) is 16.7 Å². The molecule has 4 nitrogen and oxygen atoms in total. The number of halogens is 1. The van der Waals surface area contributed by atoms with Gasteiger partial charge in [0.15, 0.2) is 0 Å². The average molecular weight is 300 g/mol. The lowest BCUT2D eigenvalue weighted by molar-refractivity contribution is -0.137. The zero-order chi connectivity index (χ0) is 13.8. The predicted octanol–water partition coefficient (Wildman–Crippen LogP) is 2.78. The number of rotatable bonds is 6. The Balaban J connectivity index is 1.88. The fourth-order valence-electron chi connectivity index (χ4n) is 1.83. The smallest absolute Gasteiger partial charge is 0.305 e. The summed E-state index contributed by atoms with van der Waals surface area (Å²) in [6.45, 7) is 0. The van der Waals surface area contributed by atoms with Crippen LogP contribution in [0.3, 0.4) is 0 Å². The Bertz CT molecular complexity index is 508. The van der Waals surface area contributed by atoms with Gasteiger partial charge in [-0.05, 0) is 37.0 Å². The normalized spacial score (nSPS) is 16.5. The molecule has 0 spiro atoms. The average Bonchev–Trinajstić information content (AvgIpc) is 3.09. The Hall–Kier alpha value is -1.33. The van der Waals surface area contributed by atoms with Crippen molar-refractivity contribution in [1.82, 2.24) is 5.32 Å². The van der Waals surface area contributed by atoms with Gasteiger partial charge in [0.05, 0.1) is 10.8 Å². The second kappa shape index (κ2) is 6.21. The highest BCUT2D eigenvalue weighted by Crippen LogP contribution is 2.34. The topological polar surface area (TPSA) is 66.4 Å². The minimum absolute atomic E-state index is 0.0188. The first-order valence-corrected chi connectivity index (χ1v) is 7.20. The third kappa shape index (κ3) is 4.69. The molecule has 1 atom stereocenters. The van der Waals surface area contributed by atoms with Crippen molar-refractivity contribution in [3.63, 3.8) is 0 Å². The van der Waals surface area contributed by atoms with E-state index in [0.29, 0.717) is 10.3 Å². The van der Waals surface area contributed by atoms with E-state index in [1.807, 2.05) is 6.07 Å². The molecule has 1 unspecified atom stereocenters. The molecule has 1 amide bonds. The van der Waals surface area contributed by atoms with Gasteiger partial charge in [-0.2, -0.15) is 0 Å². The minimum Gasteiger partial charge on any atom is -0.481 e. The molecule has 1 aliphatic rings. The predicted molar refractivity (Wildman–Crippen MR) is 75.3 cm³/mol. The molecule has 1 aromatic rings. The molecule has 0 bridgehead atoms. The zero-order valence-electron chi connectivity index (χ0n) is 10.1. The van der Waals surface area contributed by atoms with E-state index in [2.05, 4.69) is 5.32 Å². The summed E-state index contributed by atoms with van der Waals surface area (Å²) >= 11 is 7.17. The molecule has 102 valence electrons. The molecule has 19 heavy (non-hydrogen) atoms. The maximum Gasteiger partial charge on any atom is 0.305 e. The van der Waals surface area contributed by atoms with E-state index in [1.165, 1.54) is 17.4 Å². The van der Waals surface area contributed by atoms with Crippen LogP contribution >= 0.6 is 22.9 Å². The van der Waals surface area contributed by atoms with Crippen LogP contribution in [-0.2, 0) is 9.59 Å². The second-order valence-electron chi connectivity index (χ2n) is 4.53. The molecule has 0 aliphatic heterocycles. The van der Waals surface area contributed by atoms with Crippen molar-refractivity contribution in [2.45, 2.75) is 25.3 Å². The van der Waals surface area contributed by atoms with Crippen molar-refractivity contribution in [2.24, 2.45) is 5.92 Å². The molecule has 0 radical (unpaired) electrons. The number of aliphatic carboxylic acids is 1. The molecule has 1 aromatic heterocycles. The number of hydrogen-bond donors (Lipinski definition) is 2. The summed E-state index contributed by atoms with van der Waals surface area (Å²) in [6.07, 6.45) is 5.05. The highest BCUT2D eigenvalue weighted by molar-refractivity contribution is 7.17. The number of nitrogens with one attached hydrogen (secondary N) is 1. The Kier molecular flexibility index (Phi) is 4.61. The van der Waals surface area contributed by atoms with Gasteiger partial charge < -0.3 is 10.4 Å². The van der Waals surface area contributed by atoms with Crippen LogP contribution in [0, 0.1) is 5.92 Å². The Labute approximate surface area is 120 Å². The Morgan fingerprint density at radius 1 is 1.53 bits per heavy atom. The molecule has 0 aromatic carbocycles. The lowest BCUT2D eigenvalue weighted by atomic mass is 10.1. The zero-order valence-corrected chi connectivity index (χ0v) is 11.7. The van der Waals surface area contributed by atoms with E-state index in [1.54, 1.807) is 12.1 Å². The van der Waals surface area contributed by atoms with Gasteiger partial charge in [-0.3, -0.25) is 9.59 Å². The summed E-state index contributed by atoms with van der Waals surface area (Å²) in [5, 5.41) is 11.6. The van der Waals surface area contributed by atoms with Crippen molar-refractivity contribution in [1.29, 1.82) is 0 Å². The molecule has 1 fully saturated rings. The molecule has 1 heterocycles. The summed E-state index contributed by atoms with van der Waals surface area (Å²) in [6, 6.07) is 3.33. The van der Waals surface area contributed by atoms with Gasteiger partial charge in [0.25, 0.3) is 0 Å². The van der Waals surface area contributed by atoms with Crippen LogP contribution in [0.5, 0.6) is 0 Å². The molecular weight excluding hydrogens is 286 g/mol. The molecule has 2 N–H and O–H groups in total. The van der Waals surface area contributed by atoms with Crippen molar-refractivity contribution >= 4 is 40.9 Å². The first-order chi connectivity index (χ1) is 9.04. The summed E-state index contributed by atoms with van der Waals surface area (Å²) in [5.74, 6) is -0.835. The molecule has 0 saturated heterocycles. The van der Waals surface area contributed by atoms with Crippen molar-refractivity contribution < 1.29 is 14.7 Å². The van der Waals surface area contributed by atoms with Gasteiger partial charge in [0.1, 0.15) is 0 Å². The largest absolute Gasteiger partial charge is 0.481 e. The van der Waals surface area contributed by atoms with Gasteiger partial charge in [0, 0.05) is 17.0 Å². The molecule has 1 saturated carbocycles. The van der Waals surface area contributed by atoms with E-state index in [-0.39, 0.29) is 18.4 Å². The standard InChI is InChI=1S/C13H14ClNO3S/c14-11-5-3-9(19-11)4-6-12(16)15-10(7-13(17)18)8-1-2-8/h3-6,8,10H,1-2,7H2,(H,15,16)(H,17,18)/b6-4+. The lowest BCUT2D eigenvalue weighted by Crippen LogP contribution is -2.37. The molecule has 1 aliphatic carbocycles. The van der Waals surface area contributed by atoms with Crippen molar-refractivity contribution in [3.05, 3.63) is 27.4 Å². The number of thiophene rings is 1. The van der Waals surface area contributed by atoms with Crippen molar-refractivity contribution in [3.8, 4) is 0 Å². The summed E-state index contributed by atoms with van der Waals surface area (Å²) in [7, 11) is 0. The fraction of sp³-hybridized carbons (Fsp3) is 0.385. The van der Waals surface area contributed by atoms with Crippen LogP contribution in [0.1, 0.15) is 24.1 Å². The molecule has 2 rings (SSSR count). The monoisotopic (exact) mass is 299 g/mol. The van der Waals surface area contributed by atoms with Crippen LogP contribution in [0.15, 0.2) is 18.2 Å².